The number of carbonyl (C=O) groups excluding carboxylic acids is 1. The summed E-state index contributed by atoms with van der Waals surface area (Å²) in [4.78, 5) is 20.1. The van der Waals surface area contributed by atoms with Crippen molar-refractivity contribution in [1.82, 2.24) is 25.2 Å². The molecule has 3 aromatic rings. The lowest BCUT2D eigenvalue weighted by molar-refractivity contribution is -0.274. The highest BCUT2D eigenvalue weighted by Gasteiger charge is 2.30. The fourth-order valence-corrected chi connectivity index (χ4v) is 2.30. The second kappa shape index (κ2) is 8.42. The quantitative estimate of drug-likeness (QED) is 0.676. The van der Waals surface area contributed by atoms with E-state index < -0.39 is 12.4 Å². The van der Waals surface area contributed by atoms with Crippen LogP contribution in [0.15, 0.2) is 61.3 Å². The van der Waals surface area contributed by atoms with E-state index in [1.54, 1.807) is 35.6 Å². The molecule has 0 aliphatic heterocycles. The van der Waals surface area contributed by atoms with Crippen molar-refractivity contribution in [3.8, 4) is 11.6 Å². The van der Waals surface area contributed by atoms with E-state index in [2.05, 4.69) is 25.3 Å². The number of hydrogen-bond acceptors (Lipinski definition) is 4. The van der Waals surface area contributed by atoms with E-state index in [-0.39, 0.29) is 18.8 Å². The van der Waals surface area contributed by atoms with E-state index in [1.165, 1.54) is 24.3 Å². The number of urea groups is 1. The average Bonchev–Trinajstić information content (AvgIpc) is 3.20. The number of benzene rings is 1. The highest BCUT2D eigenvalue weighted by molar-refractivity contribution is 5.73. The van der Waals surface area contributed by atoms with Gasteiger partial charge in [-0.1, -0.05) is 18.2 Å². The van der Waals surface area contributed by atoms with Crippen molar-refractivity contribution >= 4 is 6.03 Å². The van der Waals surface area contributed by atoms with Gasteiger partial charge in [0.25, 0.3) is 0 Å². The Kier molecular flexibility index (Phi) is 5.78. The molecule has 0 unspecified atom stereocenters. The minimum Gasteiger partial charge on any atom is -0.406 e. The van der Waals surface area contributed by atoms with Crippen LogP contribution in [-0.2, 0) is 13.1 Å². The van der Waals surface area contributed by atoms with Crippen molar-refractivity contribution in [3.63, 3.8) is 0 Å². The first-order chi connectivity index (χ1) is 13.4. The zero-order valence-corrected chi connectivity index (χ0v) is 14.5. The molecule has 0 spiro atoms. The van der Waals surface area contributed by atoms with Gasteiger partial charge in [0.05, 0.1) is 0 Å². The van der Waals surface area contributed by atoms with Crippen LogP contribution in [0.25, 0.3) is 5.82 Å². The minimum absolute atomic E-state index is 0.163. The molecule has 0 saturated carbocycles. The first-order valence-corrected chi connectivity index (χ1v) is 8.19. The maximum atomic E-state index is 12.1. The second-order valence-corrected chi connectivity index (χ2v) is 5.72. The van der Waals surface area contributed by atoms with Gasteiger partial charge in [-0.15, -0.1) is 13.2 Å². The molecule has 28 heavy (non-hydrogen) atoms. The van der Waals surface area contributed by atoms with E-state index in [0.717, 1.165) is 5.56 Å². The molecule has 7 nitrogen and oxygen atoms in total. The van der Waals surface area contributed by atoms with Crippen LogP contribution >= 0.6 is 0 Å². The number of rotatable bonds is 6. The maximum absolute atomic E-state index is 12.1. The molecule has 0 atom stereocenters. The second-order valence-electron chi connectivity index (χ2n) is 5.72. The van der Waals surface area contributed by atoms with Gasteiger partial charge in [0.2, 0.25) is 0 Å². The van der Waals surface area contributed by atoms with Crippen LogP contribution in [0.2, 0.25) is 0 Å². The summed E-state index contributed by atoms with van der Waals surface area (Å²) >= 11 is 0. The van der Waals surface area contributed by atoms with Gasteiger partial charge in [-0.3, -0.25) is 4.57 Å². The van der Waals surface area contributed by atoms with Gasteiger partial charge in [-0.25, -0.2) is 14.8 Å². The Bertz CT molecular complexity index is 894. The van der Waals surface area contributed by atoms with Crippen LogP contribution in [0.5, 0.6) is 5.75 Å². The molecule has 10 heteroatoms. The smallest absolute Gasteiger partial charge is 0.406 e. The normalized spacial score (nSPS) is 11.1. The van der Waals surface area contributed by atoms with Gasteiger partial charge in [0, 0.05) is 31.7 Å². The van der Waals surface area contributed by atoms with Crippen LogP contribution < -0.4 is 15.4 Å². The number of carbonyl (C=O) groups is 1. The number of aromatic nitrogens is 3. The van der Waals surface area contributed by atoms with Crippen molar-refractivity contribution in [2.24, 2.45) is 0 Å². The van der Waals surface area contributed by atoms with Crippen LogP contribution in [0.4, 0.5) is 18.0 Å². The zero-order valence-electron chi connectivity index (χ0n) is 14.5. The molecular weight excluding hydrogens is 375 g/mol. The molecule has 2 N–H and O–H groups in total. The maximum Gasteiger partial charge on any atom is 0.573 e. The third-order valence-corrected chi connectivity index (χ3v) is 3.64. The Morgan fingerprint density at radius 3 is 2.29 bits per heavy atom. The standard InChI is InChI=1S/C18H16F3N5O2/c19-18(20,21)28-15-4-1-13(2-5-15)9-24-17(27)25-11-14-3-6-16(23-10-14)26-8-7-22-12-26/h1-8,10,12H,9,11H2,(H2,24,25,27). The first kappa shape index (κ1) is 19.2. The molecule has 2 heterocycles. The average molecular weight is 391 g/mol. The van der Waals surface area contributed by atoms with Crippen LogP contribution in [0, 0.1) is 0 Å². The summed E-state index contributed by atoms with van der Waals surface area (Å²) in [6, 6.07) is 8.50. The highest BCUT2D eigenvalue weighted by atomic mass is 19.4. The Morgan fingerprint density at radius 2 is 1.71 bits per heavy atom. The van der Waals surface area contributed by atoms with Gasteiger partial charge in [0.15, 0.2) is 0 Å². The van der Waals surface area contributed by atoms with Crippen LogP contribution in [0.3, 0.4) is 0 Å². The van der Waals surface area contributed by atoms with Gasteiger partial charge in [-0.2, -0.15) is 0 Å². The van der Waals surface area contributed by atoms with Gasteiger partial charge in [-0.05, 0) is 29.3 Å². The molecule has 0 bridgehead atoms. The SMILES string of the molecule is O=C(NCc1ccc(OC(F)(F)F)cc1)NCc1ccc(-n2ccnc2)nc1. The summed E-state index contributed by atoms with van der Waals surface area (Å²) in [5, 5.41) is 5.31. The molecule has 2 aromatic heterocycles. The Hall–Kier alpha value is -3.56. The highest BCUT2D eigenvalue weighted by Crippen LogP contribution is 2.22. The molecule has 1 aromatic carbocycles. The summed E-state index contributed by atoms with van der Waals surface area (Å²) < 4.78 is 41.9. The number of nitrogens with one attached hydrogen (secondary N) is 2. The summed E-state index contributed by atoms with van der Waals surface area (Å²) in [5.74, 6) is 0.399. The van der Waals surface area contributed by atoms with E-state index in [0.29, 0.717) is 11.4 Å². The van der Waals surface area contributed by atoms with E-state index in [9.17, 15) is 18.0 Å². The molecule has 3 rings (SSSR count). The van der Waals surface area contributed by atoms with Gasteiger partial charge < -0.3 is 15.4 Å². The topological polar surface area (TPSA) is 81.1 Å². The van der Waals surface area contributed by atoms with E-state index in [4.69, 9.17) is 0 Å². The first-order valence-electron chi connectivity index (χ1n) is 8.19. The van der Waals surface area contributed by atoms with Crippen molar-refractivity contribution in [3.05, 3.63) is 72.4 Å². The Labute approximate surface area is 158 Å². The van der Waals surface area contributed by atoms with Gasteiger partial charge in [0.1, 0.15) is 17.9 Å². The molecule has 0 aliphatic carbocycles. The summed E-state index contributed by atoms with van der Waals surface area (Å²) in [6.45, 7) is 0.442. The summed E-state index contributed by atoms with van der Waals surface area (Å²) in [5.41, 5.74) is 1.45. The lowest BCUT2D eigenvalue weighted by Gasteiger charge is -2.10. The number of alkyl halides is 3. The monoisotopic (exact) mass is 391 g/mol. The van der Waals surface area contributed by atoms with E-state index >= 15 is 0 Å². The van der Waals surface area contributed by atoms with Crippen LogP contribution in [-0.4, -0.2) is 26.9 Å². The minimum atomic E-state index is -4.73. The molecule has 0 saturated heterocycles. The fraction of sp³-hybridized carbons (Fsp3) is 0.167. The van der Waals surface area contributed by atoms with Crippen molar-refractivity contribution in [2.75, 3.05) is 0 Å². The Balaban J connectivity index is 1.43. The van der Waals surface area contributed by atoms with Crippen molar-refractivity contribution < 1.29 is 22.7 Å². The summed E-state index contributed by atoms with van der Waals surface area (Å²) in [7, 11) is 0. The number of ether oxygens (including phenoxy) is 1. The largest absolute Gasteiger partial charge is 0.573 e. The number of amides is 2. The van der Waals surface area contributed by atoms with Crippen molar-refractivity contribution in [1.29, 1.82) is 0 Å². The third kappa shape index (κ3) is 5.73. The fourth-order valence-electron chi connectivity index (χ4n) is 2.30. The lowest BCUT2D eigenvalue weighted by Crippen LogP contribution is -2.34. The lowest BCUT2D eigenvalue weighted by atomic mass is 10.2. The number of hydrogen-bond donors (Lipinski definition) is 2. The molecular formula is C18H16F3N5O2. The van der Waals surface area contributed by atoms with E-state index in [1.807, 2.05) is 6.07 Å². The van der Waals surface area contributed by atoms with Crippen molar-refractivity contribution in [2.45, 2.75) is 19.5 Å². The number of pyridine rings is 1. The summed E-state index contributed by atoms with van der Waals surface area (Å²) in [6.07, 6.45) is 1.98. The predicted octanol–water partition coefficient (Wildman–Crippen LogP) is 3.17. The molecule has 0 fully saturated rings. The Morgan fingerprint density at radius 1 is 1.04 bits per heavy atom. The van der Waals surface area contributed by atoms with Crippen LogP contribution in [0.1, 0.15) is 11.1 Å². The third-order valence-electron chi connectivity index (χ3n) is 3.64. The molecule has 0 aliphatic rings. The number of halogens is 3. The number of nitrogens with zero attached hydrogens (tertiary/aromatic N) is 3. The molecule has 2 amide bonds. The predicted molar refractivity (Wildman–Crippen MR) is 93.6 cm³/mol. The molecule has 0 radical (unpaired) electrons. The number of imidazole rings is 1. The molecule has 146 valence electrons. The zero-order chi connectivity index (χ0) is 20.0. The van der Waals surface area contributed by atoms with Gasteiger partial charge >= 0.3 is 12.4 Å².